The fourth-order valence-corrected chi connectivity index (χ4v) is 3.32. The Morgan fingerprint density at radius 2 is 1.00 bits per heavy atom. The minimum atomic E-state index is -3.22. The van der Waals surface area contributed by atoms with Crippen molar-refractivity contribution in [3.8, 4) is 0 Å². The van der Waals surface area contributed by atoms with Crippen molar-refractivity contribution in [2.45, 2.75) is 51.0 Å². The molecule has 0 fully saturated rings. The molecular formula is C16H28N2O4S2. The lowest BCUT2D eigenvalue weighted by molar-refractivity contribution is 0.571. The first-order valence-electron chi connectivity index (χ1n) is 8.09. The third kappa shape index (κ3) is 6.88. The zero-order valence-corrected chi connectivity index (χ0v) is 16.4. The Morgan fingerprint density at radius 1 is 0.708 bits per heavy atom. The molecule has 0 aliphatic heterocycles. The van der Waals surface area contributed by atoms with Crippen LogP contribution < -0.4 is 9.44 Å². The molecule has 1 aromatic rings. The van der Waals surface area contributed by atoms with E-state index in [0.29, 0.717) is 25.9 Å². The molecular weight excluding hydrogens is 348 g/mol. The molecule has 0 atom stereocenters. The van der Waals surface area contributed by atoms with Crippen LogP contribution in [0.4, 0.5) is 0 Å². The number of hydrogen-bond donors (Lipinski definition) is 2. The molecule has 0 unspecified atom stereocenters. The van der Waals surface area contributed by atoms with E-state index in [9.17, 15) is 16.8 Å². The van der Waals surface area contributed by atoms with Gasteiger partial charge in [-0.25, -0.2) is 26.3 Å². The summed E-state index contributed by atoms with van der Waals surface area (Å²) < 4.78 is 51.8. The first-order valence-corrected chi connectivity index (χ1v) is 11.2. The van der Waals surface area contributed by atoms with Crippen LogP contribution in [0.2, 0.25) is 0 Å². The maximum Gasteiger partial charge on any atom is 0.213 e. The lowest BCUT2D eigenvalue weighted by atomic mass is 10.1. The molecule has 1 rings (SSSR count). The van der Waals surface area contributed by atoms with Gasteiger partial charge in [0.1, 0.15) is 0 Å². The van der Waals surface area contributed by atoms with Gasteiger partial charge in [-0.1, -0.05) is 24.3 Å². The molecule has 1 aromatic carbocycles. The fraction of sp³-hybridized carbons (Fsp3) is 0.625. The molecule has 0 aliphatic rings. The van der Waals surface area contributed by atoms with E-state index >= 15 is 0 Å². The van der Waals surface area contributed by atoms with Gasteiger partial charge in [-0.05, 0) is 51.7 Å². The molecule has 0 aromatic heterocycles. The first kappa shape index (κ1) is 21.1. The summed E-state index contributed by atoms with van der Waals surface area (Å²) >= 11 is 0. The molecule has 0 saturated heterocycles. The highest BCUT2D eigenvalue weighted by Gasteiger charge is 2.15. The van der Waals surface area contributed by atoms with Crippen LogP contribution in [-0.2, 0) is 32.9 Å². The summed E-state index contributed by atoms with van der Waals surface area (Å²) in [4.78, 5) is 0. The predicted octanol–water partition coefficient (Wildman–Crippen LogP) is 1.43. The number of rotatable bonds is 10. The van der Waals surface area contributed by atoms with Gasteiger partial charge in [-0.2, -0.15) is 0 Å². The minimum Gasteiger partial charge on any atom is -0.215 e. The van der Waals surface area contributed by atoms with E-state index in [1.165, 1.54) is 0 Å². The van der Waals surface area contributed by atoms with E-state index in [-0.39, 0.29) is 0 Å². The standard InChI is InChI=1S/C16H28N2O4S2/c1-13(2)23(19,20)17-11-9-15-5-7-16(8-6-15)10-12-18-24(21,22)14(3)4/h5-8,13-14,17-18H,9-12H2,1-4H3. The Balaban J connectivity index is 2.44. The molecule has 24 heavy (non-hydrogen) atoms. The molecule has 0 bridgehead atoms. The van der Waals surface area contributed by atoms with Crippen LogP contribution in [0.15, 0.2) is 24.3 Å². The van der Waals surface area contributed by atoms with Crippen LogP contribution in [0.1, 0.15) is 38.8 Å². The second-order valence-electron chi connectivity index (χ2n) is 6.29. The zero-order chi connectivity index (χ0) is 18.4. The average molecular weight is 377 g/mol. The van der Waals surface area contributed by atoms with Gasteiger partial charge < -0.3 is 0 Å². The number of benzene rings is 1. The van der Waals surface area contributed by atoms with Crippen LogP contribution in [0.25, 0.3) is 0 Å². The molecule has 6 nitrogen and oxygen atoms in total. The fourth-order valence-electron chi connectivity index (χ4n) is 1.88. The maximum atomic E-state index is 11.7. The van der Waals surface area contributed by atoms with E-state index in [4.69, 9.17) is 0 Å². The quantitative estimate of drug-likeness (QED) is 0.646. The van der Waals surface area contributed by atoms with E-state index in [1.807, 2.05) is 24.3 Å². The van der Waals surface area contributed by atoms with Gasteiger partial charge in [0, 0.05) is 13.1 Å². The lowest BCUT2D eigenvalue weighted by Gasteiger charge is -2.10. The van der Waals surface area contributed by atoms with Crippen molar-refractivity contribution in [2.24, 2.45) is 0 Å². The molecule has 138 valence electrons. The van der Waals surface area contributed by atoms with Gasteiger partial charge >= 0.3 is 0 Å². The largest absolute Gasteiger partial charge is 0.215 e. The van der Waals surface area contributed by atoms with Gasteiger partial charge in [-0.3, -0.25) is 0 Å². The van der Waals surface area contributed by atoms with E-state index < -0.39 is 30.5 Å². The highest BCUT2D eigenvalue weighted by atomic mass is 32.2. The van der Waals surface area contributed by atoms with Gasteiger partial charge in [-0.15, -0.1) is 0 Å². The minimum absolute atomic E-state index is 0.369. The Kier molecular flexibility index (Phi) is 7.85. The Hall–Kier alpha value is -0.960. The number of hydrogen-bond acceptors (Lipinski definition) is 4. The molecule has 0 amide bonds. The van der Waals surface area contributed by atoms with E-state index in [2.05, 4.69) is 9.44 Å². The smallest absolute Gasteiger partial charge is 0.213 e. The van der Waals surface area contributed by atoms with Gasteiger partial charge in [0.25, 0.3) is 0 Å². The summed E-state index contributed by atoms with van der Waals surface area (Å²) in [5.41, 5.74) is 2.07. The van der Waals surface area contributed by atoms with E-state index in [0.717, 1.165) is 11.1 Å². The first-order chi connectivity index (χ1) is 11.0. The summed E-state index contributed by atoms with van der Waals surface area (Å²) in [5.74, 6) is 0. The van der Waals surface area contributed by atoms with Crippen molar-refractivity contribution in [1.82, 2.24) is 9.44 Å². The Bertz CT molecular complexity index is 646. The molecule has 0 heterocycles. The van der Waals surface area contributed by atoms with Crippen molar-refractivity contribution in [1.29, 1.82) is 0 Å². The van der Waals surface area contributed by atoms with Crippen molar-refractivity contribution >= 4 is 20.0 Å². The summed E-state index contributed by atoms with van der Waals surface area (Å²) in [6.07, 6.45) is 1.23. The Morgan fingerprint density at radius 3 is 1.25 bits per heavy atom. The summed E-state index contributed by atoms with van der Waals surface area (Å²) in [6, 6.07) is 7.76. The predicted molar refractivity (Wildman–Crippen MR) is 98.0 cm³/mol. The second kappa shape index (κ2) is 8.94. The third-order valence-electron chi connectivity index (χ3n) is 3.70. The summed E-state index contributed by atoms with van der Waals surface area (Å²) in [7, 11) is -6.45. The van der Waals surface area contributed by atoms with Crippen molar-refractivity contribution in [3.05, 3.63) is 35.4 Å². The zero-order valence-electron chi connectivity index (χ0n) is 14.7. The van der Waals surface area contributed by atoms with Crippen molar-refractivity contribution in [2.75, 3.05) is 13.1 Å². The molecule has 0 saturated carbocycles. The molecule has 0 aliphatic carbocycles. The highest BCUT2D eigenvalue weighted by molar-refractivity contribution is 7.90. The van der Waals surface area contributed by atoms with Crippen LogP contribution >= 0.6 is 0 Å². The maximum absolute atomic E-state index is 11.7. The second-order valence-corrected chi connectivity index (χ2v) is 10.9. The molecule has 8 heteroatoms. The van der Waals surface area contributed by atoms with Gasteiger partial charge in [0.15, 0.2) is 0 Å². The topological polar surface area (TPSA) is 92.3 Å². The molecule has 0 spiro atoms. The SMILES string of the molecule is CC(C)S(=O)(=O)NCCc1ccc(CCNS(=O)(=O)C(C)C)cc1. The third-order valence-corrected chi connectivity index (χ3v) is 7.39. The molecule has 0 radical (unpaired) electrons. The van der Waals surface area contributed by atoms with Crippen molar-refractivity contribution < 1.29 is 16.8 Å². The Labute approximate surface area is 146 Å². The molecule has 2 N–H and O–H groups in total. The van der Waals surface area contributed by atoms with Crippen LogP contribution in [0, 0.1) is 0 Å². The highest BCUT2D eigenvalue weighted by Crippen LogP contribution is 2.06. The normalized spacial score (nSPS) is 12.9. The van der Waals surface area contributed by atoms with Crippen LogP contribution in [-0.4, -0.2) is 40.4 Å². The van der Waals surface area contributed by atoms with Gasteiger partial charge in [0.05, 0.1) is 10.5 Å². The lowest BCUT2D eigenvalue weighted by Crippen LogP contribution is -2.32. The number of sulfonamides is 2. The summed E-state index contributed by atoms with van der Waals surface area (Å²) in [5, 5.41) is -0.871. The number of nitrogens with one attached hydrogen (secondary N) is 2. The monoisotopic (exact) mass is 376 g/mol. The average Bonchev–Trinajstić information content (AvgIpc) is 2.48. The van der Waals surface area contributed by atoms with Crippen LogP contribution in [0.3, 0.4) is 0 Å². The van der Waals surface area contributed by atoms with E-state index in [1.54, 1.807) is 27.7 Å². The van der Waals surface area contributed by atoms with Gasteiger partial charge in [0.2, 0.25) is 20.0 Å². The van der Waals surface area contributed by atoms with Crippen molar-refractivity contribution in [3.63, 3.8) is 0 Å². The summed E-state index contributed by atoms with van der Waals surface area (Å²) in [6.45, 7) is 7.31. The van der Waals surface area contributed by atoms with Crippen LogP contribution in [0.5, 0.6) is 0 Å².